The van der Waals surface area contributed by atoms with Crippen LogP contribution >= 0.6 is 0 Å². The van der Waals surface area contributed by atoms with Crippen molar-refractivity contribution >= 4 is 40.1 Å². The summed E-state index contributed by atoms with van der Waals surface area (Å²) < 4.78 is 223. The lowest BCUT2D eigenvalue weighted by Crippen LogP contribution is -2.32. The molecule has 0 atom stereocenters. The highest BCUT2D eigenvalue weighted by Crippen LogP contribution is 2.37. The van der Waals surface area contributed by atoms with E-state index in [4.69, 9.17) is 0 Å². The van der Waals surface area contributed by atoms with Gasteiger partial charge in [-0.3, -0.25) is 0 Å². The molecule has 52 heavy (non-hydrogen) atoms. The Morgan fingerprint density at radius 3 is 0.808 bits per heavy atom. The van der Waals surface area contributed by atoms with Crippen molar-refractivity contribution in [3.05, 3.63) is 68.4 Å². The van der Waals surface area contributed by atoms with E-state index in [1.807, 2.05) is 0 Å². The lowest BCUT2D eigenvalue weighted by Gasteiger charge is -2.22. The van der Waals surface area contributed by atoms with E-state index in [1.165, 1.54) is 36.8 Å². The molecule has 0 aliphatic rings. The molecular formula is C24H32F12N4O8S4. The first-order chi connectivity index (χ1) is 23.1. The number of hydrogen-bond donors (Lipinski definition) is 0. The quantitative estimate of drug-likeness (QED) is 0.198. The molecule has 0 N–H and O–H groups in total. The van der Waals surface area contributed by atoms with Gasteiger partial charge in [0.2, 0.25) is 0 Å². The van der Waals surface area contributed by atoms with E-state index in [9.17, 15) is 86.4 Å². The van der Waals surface area contributed by atoms with E-state index in [0.29, 0.717) is 0 Å². The molecule has 2 heterocycles. The summed E-state index contributed by atoms with van der Waals surface area (Å²) in [6, 6.07) is 8.59. The second-order valence-corrected chi connectivity index (χ2v) is 16.6. The fourth-order valence-corrected chi connectivity index (χ4v) is 5.89. The molecule has 0 amide bonds. The molecule has 0 aliphatic heterocycles. The third-order valence-corrected chi connectivity index (χ3v) is 10.7. The zero-order valence-electron chi connectivity index (χ0n) is 27.1. The van der Waals surface area contributed by atoms with Crippen LogP contribution < -0.4 is 9.13 Å². The largest absolute Gasteiger partial charge is 0.480 e. The van der Waals surface area contributed by atoms with Crippen LogP contribution in [-0.2, 0) is 53.2 Å². The minimum atomic E-state index is -6.72. The maximum absolute atomic E-state index is 11.4. The third-order valence-electron chi connectivity index (χ3n) is 5.22. The van der Waals surface area contributed by atoms with Gasteiger partial charge < -0.3 is 8.25 Å². The molecule has 0 unspecified atom stereocenters. The first kappa shape index (κ1) is 51.3. The fourth-order valence-electron chi connectivity index (χ4n) is 2.47. The van der Waals surface area contributed by atoms with Crippen LogP contribution in [0.15, 0.2) is 49.1 Å². The Kier molecular flexibility index (Phi) is 19.8. The first-order valence-corrected chi connectivity index (χ1v) is 19.5. The van der Waals surface area contributed by atoms with Crippen molar-refractivity contribution in [2.75, 3.05) is 0 Å². The molecular weight excluding hydrogens is 829 g/mol. The van der Waals surface area contributed by atoms with Crippen LogP contribution in [0, 0.1) is 13.8 Å². The van der Waals surface area contributed by atoms with Crippen LogP contribution in [0.5, 0.6) is 0 Å². The van der Waals surface area contributed by atoms with Crippen molar-refractivity contribution in [1.29, 1.82) is 0 Å². The Bertz CT molecular complexity index is 1590. The van der Waals surface area contributed by atoms with Crippen molar-refractivity contribution in [2.45, 2.75) is 88.5 Å². The standard InChI is InChI=1S/2C10H16N.2C2F6NO4S2/c2*1-3-4-7-11-8-5-10(2)6-9-11;2*3-1(4,5)14(10,11)9-15(12,13)2(6,7)8/h2*5-6,8-9H,3-4,7H2,1-2H3;;/q2*+1;2*-1. The average molecular weight is 861 g/mol. The van der Waals surface area contributed by atoms with Crippen molar-refractivity contribution in [3.63, 3.8) is 0 Å². The molecule has 12 nitrogen and oxygen atoms in total. The molecule has 0 spiro atoms. The Balaban J connectivity index is 0. The minimum absolute atomic E-state index is 0.778. The number of alkyl halides is 12. The normalized spacial score (nSPS) is 13.1. The molecule has 304 valence electrons. The molecule has 2 aromatic heterocycles. The van der Waals surface area contributed by atoms with Crippen LogP contribution in [0.3, 0.4) is 0 Å². The van der Waals surface area contributed by atoms with Gasteiger partial charge in [-0.25, -0.2) is 42.8 Å². The molecule has 2 rings (SSSR count). The van der Waals surface area contributed by atoms with Crippen LogP contribution in [0.1, 0.15) is 50.7 Å². The van der Waals surface area contributed by atoms with Crippen LogP contribution in [0.2, 0.25) is 0 Å². The first-order valence-electron chi connectivity index (χ1n) is 13.7. The average Bonchev–Trinajstić information content (AvgIpc) is 2.94. The van der Waals surface area contributed by atoms with Gasteiger partial charge in [0.25, 0.3) is 0 Å². The smallest absolute Gasteiger partial charge is 0.421 e. The van der Waals surface area contributed by atoms with Gasteiger partial charge in [-0.2, -0.15) is 52.7 Å². The summed E-state index contributed by atoms with van der Waals surface area (Å²) in [5, 5.41) is 0. The third kappa shape index (κ3) is 18.8. The molecule has 0 bridgehead atoms. The molecule has 2 aromatic rings. The molecule has 0 radical (unpaired) electrons. The highest BCUT2D eigenvalue weighted by atomic mass is 32.3. The summed E-state index contributed by atoms with van der Waals surface area (Å²) in [5.41, 5.74) is -22.1. The van der Waals surface area contributed by atoms with Crippen LogP contribution in [0.4, 0.5) is 52.7 Å². The molecule has 0 saturated carbocycles. The lowest BCUT2D eigenvalue weighted by molar-refractivity contribution is -0.697. The summed E-state index contributed by atoms with van der Waals surface area (Å²) in [4.78, 5) is 0. The second-order valence-electron chi connectivity index (χ2n) is 9.77. The van der Waals surface area contributed by atoms with Crippen molar-refractivity contribution in [3.8, 4) is 0 Å². The number of hydrogen-bond acceptors (Lipinski definition) is 8. The van der Waals surface area contributed by atoms with Gasteiger partial charge in [-0.1, -0.05) is 26.7 Å². The monoisotopic (exact) mass is 860 g/mol. The number of nitrogens with zero attached hydrogens (tertiary/aromatic N) is 4. The predicted molar refractivity (Wildman–Crippen MR) is 159 cm³/mol. The van der Waals surface area contributed by atoms with Gasteiger partial charge in [0.1, 0.15) is 13.1 Å². The number of aryl methyl sites for hydroxylation is 4. The maximum atomic E-state index is 11.4. The Morgan fingerprint density at radius 2 is 0.654 bits per heavy atom. The number of sulfonamides is 4. The van der Waals surface area contributed by atoms with Crippen LogP contribution in [0.25, 0.3) is 8.25 Å². The van der Waals surface area contributed by atoms with Gasteiger partial charge in [-0.15, -0.1) is 0 Å². The highest BCUT2D eigenvalue weighted by Gasteiger charge is 2.48. The van der Waals surface area contributed by atoms with Gasteiger partial charge >= 0.3 is 22.0 Å². The van der Waals surface area contributed by atoms with Gasteiger partial charge in [0.05, 0.1) is 0 Å². The maximum Gasteiger partial charge on any atom is 0.480 e. The number of aromatic nitrogens is 2. The zero-order valence-corrected chi connectivity index (χ0v) is 30.4. The summed E-state index contributed by atoms with van der Waals surface area (Å²) in [7, 11) is -26.9. The number of unbranched alkanes of at least 4 members (excludes halogenated alkanes) is 2. The van der Waals surface area contributed by atoms with E-state index in [2.05, 4.69) is 85.9 Å². The Morgan fingerprint density at radius 1 is 0.462 bits per heavy atom. The van der Waals surface area contributed by atoms with E-state index in [-0.39, 0.29) is 0 Å². The second kappa shape index (κ2) is 20.0. The van der Waals surface area contributed by atoms with Gasteiger partial charge in [-0.05, 0) is 25.0 Å². The summed E-state index contributed by atoms with van der Waals surface area (Å²) in [6.07, 6.45) is 13.6. The summed E-state index contributed by atoms with van der Waals surface area (Å²) in [5.74, 6) is 0. The molecule has 0 aliphatic carbocycles. The molecule has 0 fully saturated rings. The van der Waals surface area contributed by atoms with E-state index in [0.717, 1.165) is 21.3 Å². The highest BCUT2D eigenvalue weighted by molar-refractivity contribution is 8.13. The van der Waals surface area contributed by atoms with Crippen molar-refractivity contribution in [2.24, 2.45) is 0 Å². The van der Waals surface area contributed by atoms with Gasteiger partial charge in [0, 0.05) is 37.1 Å². The van der Waals surface area contributed by atoms with E-state index < -0.39 is 62.1 Å². The number of pyridine rings is 2. The lowest BCUT2D eigenvalue weighted by atomic mass is 10.3. The molecule has 0 saturated heterocycles. The number of rotatable bonds is 10. The summed E-state index contributed by atoms with van der Waals surface area (Å²) in [6.45, 7) is 11.0. The number of halogens is 12. The predicted octanol–water partition coefficient (Wildman–Crippen LogP) is 6.28. The SMILES string of the molecule is CCCC[n+]1ccc(C)cc1.CCCC[n+]1ccc(C)cc1.O=S(=O)([N-]S(=O)(=O)C(F)(F)F)C(F)(F)F.O=S(=O)([N-]S(=O)(=O)C(F)(F)F)C(F)(F)F. The van der Waals surface area contributed by atoms with Crippen molar-refractivity contribution in [1.82, 2.24) is 0 Å². The zero-order chi connectivity index (χ0) is 41.6. The topological polar surface area (TPSA) is 173 Å². The van der Waals surface area contributed by atoms with Gasteiger partial charge in [0.15, 0.2) is 64.9 Å². The molecule has 28 heteroatoms. The Labute approximate surface area is 292 Å². The van der Waals surface area contributed by atoms with E-state index >= 15 is 0 Å². The summed E-state index contributed by atoms with van der Waals surface area (Å²) >= 11 is 0. The fraction of sp³-hybridized carbons (Fsp3) is 0.583. The molecule has 0 aromatic carbocycles. The van der Waals surface area contributed by atoms with Crippen molar-refractivity contribution < 1.29 is 95.5 Å². The van der Waals surface area contributed by atoms with Crippen LogP contribution in [-0.4, -0.2) is 55.7 Å². The minimum Gasteiger partial charge on any atom is -0.421 e. The van der Waals surface area contributed by atoms with E-state index in [1.54, 1.807) is 0 Å². The Hall–Kier alpha value is -2.82.